The van der Waals surface area contributed by atoms with Crippen molar-refractivity contribution >= 4 is 15.8 Å². The molecular weight excluding hydrogens is 372 g/mol. The van der Waals surface area contributed by atoms with Crippen molar-refractivity contribution in [1.82, 2.24) is 4.31 Å². The highest BCUT2D eigenvalue weighted by molar-refractivity contribution is 7.89. The van der Waals surface area contributed by atoms with Gasteiger partial charge in [0.05, 0.1) is 0 Å². The van der Waals surface area contributed by atoms with E-state index in [9.17, 15) is 8.42 Å². The molecule has 1 aromatic heterocycles. The summed E-state index contributed by atoms with van der Waals surface area (Å²) < 4.78 is 26.7. The van der Waals surface area contributed by atoms with Gasteiger partial charge in [-0.3, -0.25) is 4.90 Å². The van der Waals surface area contributed by atoms with Crippen molar-refractivity contribution in [3.05, 3.63) is 53.7 Å². The van der Waals surface area contributed by atoms with Gasteiger partial charge in [0.1, 0.15) is 43.8 Å². The number of piperazine rings is 1. The third-order valence-electron chi connectivity index (χ3n) is 5.62. The van der Waals surface area contributed by atoms with E-state index < -0.39 is 10.0 Å². The lowest BCUT2D eigenvalue weighted by Crippen LogP contribution is -3.13. The van der Waals surface area contributed by atoms with E-state index in [2.05, 4.69) is 41.1 Å². The van der Waals surface area contributed by atoms with E-state index in [-0.39, 0.29) is 0 Å². The lowest BCUT2D eigenvalue weighted by molar-refractivity contribution is -0.914. The van der Waals surface area contributed by atoms with Gasteiger partial charge in [0.25, 0.3) is 5.82 Å². The van der Waals surface area contributed by atoms with E-state index in [1.54, 1.807) is 17.2 Å². The lowest BCUT2D eigenvalue weighted by atomic mass is 10.1. The Kier molecular flexibility index (Phi) is 6.69. The quantitative estimate of drug-likeness (QED) is 0.741. The van der Waals surface area contributed by atoms with E-state index in [1.165, 1.54) is 15.4 Å². The minimum absolute atomic E-state index is 0.323. The molecule has 0 unspecified atom stereocenters. The number of aromatic nitrogens is 1. The Morgan fingerprint density at radius 1 is 1.07 bits per heavy atom. The van der Waals surface area contributed by atoms with Crippen LogP contribution in [0.1, 0.15) is 25.0 Å². The van der Waals surface area contributed by atoms with Crippen LogP contribution < -0.4 is 14.8 Å². The normalized spacial score (nSPS) is 15.9. The minimum Gasteiger partial charge on any atom is -0.325 e. The predicted octanol–water partition coefficient (Wildman–Crippen LogP) is 0.745. The van der Waals surface area contributed by atoms with Gasteiger partial charge in [-0.2, -0.15) is 4.31 Å². The maximum atomic E-state index is 12.6. The molecule has 2 N–H and O–H groups in total. The van der Waals surface area contributed by atoms with Crippen LogP contribution in [0.5, 0.6) is 0 Å². The van der Waals surface area contributed by atoms with Gasteiger partial charge in [-0.1, -0.05) is 38.1 Å². The molecule has 28 heavy (non-hydrogen) atoms. The van der Waals surface area contributed by atoms with Gasteiger partial charge < -0.3 is 4.90 Å². The fraction of sp³-hybridized carbons (Fsp3) is 0.476. The molecule has 1 fully saturated rings. The zero-order valence-corrected chi connectivity index (χ0v) is 17.9. The Balaban J connectivity index is 1.61. The molecule has 0 atom stereocenters. The number of nitrogens with one attached hydrogen (secondary N) is 2. The van der Waals surface area contributed by atoms with Crippen molar-refractivity contribution in [3.63, 3.8) is 0 Å². The first-order chi connectivity index (χ1) is 13.5. The molecule has 1 aliphatic heterocycles. The van der Waals surface area contributed by atoms with Crippen LogP contribution in [0.3, 0.4) is 0 Å². The van der Waals surface area contributed by atoms with E-state index in [4.69, 9.17) is 0 Å². The minimum atomic E-state index is -3.42. The number of anilines is 1. The van der Waals surface area contributed by atoms with Gasteiger partial charge in [-0.05, 0) is 18.6 Å². The number of hydrogen-bond acceptors (Lipinski definition) is 3. The van der Waals surface area contributed by atoms with E-state index in [0.717, 1.165) is 38.5 Å². The number of quaternary nitrogens is 1. The maximum Gasteiger partial charge on any atom is 0.274 e. The maximum absolute atomic E-state index is 12.6. The standard InChI is InChI=1S/C21H30N4O2S/c1-4-25(5-2)28(26,27)20-10-11-21(22-16-20)24-14-12-23(13-15-24)17-19-9-7-6-8-18(19)3/h6-11,16H,4-5,12-15,17H2,1-3H3/p+2. The molecule has 0 radical (unpaired) electrons. The first kappa shape index (κ1) is 20.8. The number of aromatic amines is 1. The van der Waals surface area contributed by atoms with Crippen molar-refractivity contribution in [3.8, 4) is 0 Å². The van der Waals surface area contributed by atoms with Crippen LogP contribution in [0.2, 0.25) is 0 Å². The zero-order valence-electron chi connectivity index (χ0n) is 17.1. The number of H-pyrrole nitrogens is 1. The Labute approximate surface area is 168 Å². The number of rotatable bonds is 7. The average Bonchev–Trinajstić information content (AvgIpc) is 2.71. The largest absolute Gasteiger partial charge is 0.325 e. The summed E-state index contributed by atoms with van der Waals surface area (Å²) in [5, 5.41) is 0. The predicted molar refractivity (Wildman–Crippen MR) is 111 cm³/mol. The summed E-state index contributed by atoms with van der Waals surface area (Å²) in [6, 6.07) is 12.2. The van der Waals surface area contributed by atoms with Gasteiger partial charge in [0, 0.05) is 24.7 Å². The molecule has 6 nitrogen and oxygen atoms in total. The second-order valence-electron chi connectivity index (χ2n) is 7.34. The molecule has 0 amide bonds. The summed E-state index contributed by atoms with van der Waals surface area (Å²) in [6.07, 6.45) is 1.62. The Morgan fingerprint density at radius 2 is 1.75 bits per heavy atom. The Hall–Kier alpha value is -1.96. The molecule has 0 saturated carbocycles. The molecule has 0 bridgehead atoms. The van der Waals surface area contributed by atoms with Gasteiger partial charge in [-0.25, -0.2) is 13.4 Å². The summed E-state index contributed by atoms with van der Waals surface area (Å²) in [5.41, 5.74) is 2.78. The van der Waals surface area contributed by atoms with Crippen LogP contribution in [-0.2, 0) is 16.6 Å². The Bertz CT molecular complexity index is 872. The number of sulfonamides is 1. The number of pyridine rings is 1. The van der Waals surface area contributed by atoms with Crippen LogP contribution in [0.4, 0.5) is 5.82 Å². The molecule has 2 aromatic rings. The molecule has 1 saturated heterocycles. The van der Waals surface area contributed by atoms with E-state index in [0.29, 0.717) is 18.0 Å². The van der Waals surface area contributed by atoms with E-state index >= 15 is 0 Å². The molecule has 7 heteroatoms. The molecule has 0 aliphatic carbocycles. The summed E-state index contributed by atoms with van der Waals surface area (Å²) >= 11 is 0. The van der Waals surface area contributed by atoms with Gasteiger partial charge in [-0.15, -0.1) is 0 Å². The van der Waals surface area contributed by atoms with Crippen LogP contribution >= 0.6 is 0 Å². The fourth-order valence-corrected chi connectivity index (χ4v) is 5.22. The smallest absolute Gasteiger partial charge is 0.274 e. The lowest BCUT2D eigenvalue weighted by Gasteiger charge is -2.28. The van der Waals surface area contributed by atoms with Crippen molar-refractivity contribution < 1.29 is 18.3 Å². The molecule has 152 valence electrons. The van der Waals surface area contributed by atoms with Crippen LogP contribution in [0.25, 0.3) is 0 Å². The average molecular weight is 405 g/mol. The summed E-state index contributed by atoms with van der Waals surface area (Å²) in [5.74, 6) is 0.980. The second-order valence-corrected chi connectivity index (χ2v) is 9.28. The van der Waals surface area contributed by atoms with Crippen LogP contribution in [-0.4, -0.2) is 52.0 Å². The Morgan fingerprint density at radius 3 is 2.32 bits per heavy atom. The van der Waals surface area contributed by atoms with E-state index in [1.807, 2.05) is 19.9 Å². The number of aryl methyl sites for hydroxylation is 1. The van der Waals surface area contributed by atoms with Crippen molar-refractivity contribution in [2.75, 3.05) is 44.2 Å². The molecule has 3 rings (SSSR count). The van der Waals surface area contributed by atoms with Crippen LogP contribution in [0, 0.1) is 6.92 Å². The molecule has 2 heterocycles. The monoisotopic (exact) mass is 404 g/mol. The van der Waals surface area contributed by atoms with Gasteiger partial charge >= 0.3 is 0 Å². The van der Waals surface area contributed by atoms with Gasteiger partial charge in [0.2, 0.25) is 10.0 Å². The number of hydrogen-bond donors (Lipinski definition) is 1. The van der Waals surface area contributed by atoms with Crippen LogP contribution in [0.15, 0.2) is 47.5 Å². The van der Waals surface area contributed by atoms with Crippen molar-refractivity contribution in [1.29, 1.82) is 0 Å². The third kappa shape index (κ3) is 4.54. The summed E-state index contributed by atoms with van der Waals surface area (Å²) in [4.78, 5) is 7.41. The van der Waals surface area contributed by atoms with Crippen molar-refractivity contribution in [2.24, 2.45) is 0 Å². The van der Waals surface area contributed by atoms with Gasteiger partial charge in [0.15, 0.2) is 0 Å². The molecule has 1 aliphatic rings. The molecule has 1 aromatic carbocycles. The highest BCUT2D eigenvalue weighted by atomic mass is 32.2. The highest BCUT2D eigenvalue weighted by Crippen LogP contribution is 2.16. The topological polar surface area (TPSA) is 59.2 Å². The fourth-order valence-electron chi connectivity index (χ4n) is 3.79. The first-order valence-electron chi connectivity index (χ1n) is 10.1. The summed E-state index contributed by atoms with van der Waals surface area (Å²) in [7, 11) is -3.42. The summed E-state index contributed by atoms with van der Waals surface area (Å²) in [6.45, 7) is 12.0. The SMILES string of the molecule is CCN(CC)S(=O)(=O)c1ccc(N2CC[NH+](Cc3ccccc3C)CC2)[nH+]c1. The third-order valence-corrected chi connectivity index (χ3v) is 7.67. The molecule has 0 spiro atoms. The second kappa shape index (κ2) is 9.03. The zero-order chi connectivity index (χ0) is 20.1. The number of nitrogens with zero attached hydrogens (tertiary/aromatic N) is 2. The highest BCUT2D eigenvalue weighted by Gasteiger charge is 2.28. The first-order valence-corrected chi connectivity index (χ1v) is 11.5. The van der Waals surface area contributed by atoms with Crippen molar-refractivity contribution in [2.45, 2.75) is 32.2 Å². The number of benzene rings is 1. The molecular formula is C21H32N4O2S+2.